The van der Waals surface area contributed by atoms with Crippen LogP contribution in [0.4, 0.5) is 0 Å². The zero-order valence-electron chi connectivity index (χ0n) is 11.5. The van der Waals surface area contributed by atoms with Gasteiger partial charge in [-0.1, -0.05) is 62.5 Å². The highest BCUT2D eigenvalue weighted by Crippen LogP contribution is 2.27. The van der Waals surface area contributed by atoms with Crippen LogP contribution in [-0.4, -0.2) is 5.11 Å². The summed E-state index contributed by atoms with van der Waals surface area (Å²) in [7, 11) is 0. The van der Waals surface area contributed by atoms with Crippen molar-refractivity contribution in [1.29, 1.82) is 0 Å². The highest BCUT2D eigenvalue weighted by atomic mass is 32.2. The van der Waals surface area contributed by atoms with E-state index in [1.165, 1.54) is 4.90 Å². The molecule has 0 aliphatic heterocycles. The van der Waals surface area contributed by atoms with Gasteiger partial charge in [-0.15, -0.1) is 0 Å². The molecule has 2 rings (SSSR count). The third-order valence-corrected chi connectivity index (χ3v) is 3.18. The molecule has 0 amide bonds. The van der Waals surface area contributed by atoms with Crippen molar-refractivity contribution in [2.45, 2.75) is 23.6 Å². The topological polar surface area (TPSA) is 55.2 Å². The molecule has 0 saturated carbocycles. The Morgan fingerprint density at radius 3 is 1.84 bits per heavy atom. The number of hydrogen-bond donors (Lipinski definition) is 2. The molecule has 0 saturated heterocycles. The molecule has 0 atom stereocenters. The van der Waals surface area contributed by atoms with E-state index in [1.54, 1.807) is 11.8 Å². The molecule has 2 aromatic carbocycles. The van der Waals surface area contributed by atoms with Gasteiger partial charge in [0.1, 0.15) is 5.76 Å². The van der Waals surface area contributed by atoms with Crippen LogP contribution in [0.15, 0.2) is 71.0 Å². The molecule has 102 valence electrons. The van der Waals surface area contributed by atoms with E-state index in [0.717, 1.165) is 10.5 Å². The Kier molecular flexibility index (Phi) is 8.42. The quantitative estimate of drug-likeness (QED) is 0.721. The third-order valence-electron chi connectivity index (χ3n) is 2.17. The summed E-state index contributed by atoms with van der Waals surface area (Å²) in [6.07, 6.45) is 0. The smallest absolute Gasteiger partial charge is 0.115 e. The van der Waals surface area contributed by atoms with Crippen molar-refractivity contribution >= 4 is 17.5 Å². The van der Waals surface area contributed by atoms with Crippen molar-refractivity contribution < 1.29 is 5.11 Å². The first-order valence-electron chi connectivity index (χ1n) is 5.97. The van der Waals surface area contributed by atoms with Gasteiger partial charge in [-0.05, 0) is 24.3 Å². The SMILES string of the molecule is C=C(O)c1ccc(Sc2ccccc2)cc1.CC.N. The van der Waals surface area contributed by atoms with Crippen molar-refractivity contribution in [2.24, 2.45) is 0 Å². The Morgan fingerprint density at radius 2 is 1.37 bits per heavy atom. The molecule has 0 heterocycles. The second-order valence-electron chi connectivity index (χ2n) is 3.39. The van der Waals surface area contributed by atoms with Gasteiger partial charge in [0, 0.05) is 15.4 Å². The summed E-state index contributed by atoms with van der Waals surface area (Å²) in [5.74, 6) is 0.108. The maximum absolute atomic E-state index is 9.20. The van der Waals surface area contributed by atoms with Gasteiger partial charge < -0.3 is 11.3 Å². The molecule has 0 spiro atoms. The van der Waals surface area contributed by atoms with E-state index >= 15 is 0 Å². The van der Waals surface area contributed by atoms with Gasteiger partial charge in [-0.3, -0.25) is 0 Å². The number of hydrogen-bond acceptors (Lipinski definition) is 3. The summed E-state index contributed by atoms with van der Waals surface area (Å²) in [4.78, 5) is 2.36. The highest BCUT2D eigenvalue weighted by Gasteiger charge is 1.98. The molecule has 0 unspecified atom stereocenters. The van der Waals surface area contributed by atoms with Crippen molar-refractivity contribution in [2.75, 3.05) is 0 Å². The lowest BCUT2D eigenvalue weighted by molar-refractivity contribution is 0.514. The zero-order valence-corrected chi connectivity index (χ0v) is 12.3. The molecular formula is C16H21NOS. The second-order valence-corrected chi connectivity index (χ2v) is 4.53. The van der Waals surface area contributed by atoms with Crippen molar-refractivity contribution in [3.05, 3.63) is 66.7 Å². The van der Waals surface area contributed by atoms with Gasteiger partial charge in [-0.25, -0.2) is 0 Å². The molecule has 4 N–H and O–H groups in total. The first kappa shape index (κ1) is 17.3. The van der Waals surface area contributed by atoms with Crippen LogP contribution in [0.5, 0.6) is 0 Å². The lowest BCUT2D eigenvalue weighted by atomic mass is 10.2. The molecule has 3 heteroatoms. The van der Waals surface area contributed by atoms with Gasteiger partial charge in [-0.2, -0.15) is 0 Å². The first-order valence-corrected chi connectivity index (χ1v) is 6.78. The normalized spacial score (nSPS) is 8.74. The van der Waals surface area contributed by atoms with E-state index < -0.39 is 0 Å². The minimum absolute atomic E-state index is 0. The molecular weight excluding hydrogens is 254 g/mol. The largest absolute Gasteiger partial charge is 0.508 e. The fourth-order valence-corrected chi connectivity index (χ4v) is 2.18. The number of benzene rings is 2. The zero-order chi connectivity index (χ0) is 13.4. The molecule has 0 aliphatic carbocycles. The Morgan fingerprint density at radius 1 is 0.895 bits per heavy atom. The average molecular weight is 275 g/mol. The fourth-order valence-electron chi connectivity index (χ4n) is 1.34. The summed E-state index contributed by atoms with van der Waals surface area (Å²) in [5, 5.41) is 9.20. The van der Waals surface area contributed by atoms with Crippen molar-refractivity contribution in [1.82, 2.24) is 6.15 Å². The Balaban J connectivity index is 0.00000103. The molecule has 0 radical (unpaired) electrons. The minimum Gasteiger partial charge on any atom is -0.508 e. The van der Waals surface area contributed by atoms with Crippen molar-refractivity contribution in [3.8, 4) is 0 Å². The van der Waals surface area contributed by atoms with Crippen molar-refractivity contribution in [3.63, 3.8) is 0 Å². The van der Waals surface area contributed by atoms with E-state index in [-0.39, 0.29) is 11.9 Å². The van der Waals surface area contributed by atoms with Gasteiger partial charge >= 0.3 is 0 Å². The molecule has 0 aromatic heterocycles. The Hall–Kier alpha value is -1.71. The lowest BCUT2D eigenvalue weighted by Crippen LogP contribution is -1.80. The van der Waals surface area contributed by atoms with Gasteiger partial charge in [0.25, 0.3) is 0 Å². The van der Waals surface area contributed by atoms with Crippen LogP contribution in [0.3, 0.4) is 0 Å². The number of rotatable bonds is 3. The minimum atomic E-state index is 0. The molecule has 0 aliphatic rings. The molecule has 0 fully saturated rings. The van der Waals surface area contributed by atoms with Crippen LogP contribution in [-0.2, 0) is 0 Å². The monoisotopic (exact) mass is 275 g/mol. The predicted molar refractivity (Wildman–Crippen MR) is 85.0 cm³/mol. The van der Waals surface area contributed by atoms with Gasteiger partial charge in [0.15, 0.2) is 0 Å². The molecule has 2 aromatic rings. The second kappa shape index (κ2) is 9.25. The third kappa shape index (κ3) is 5.64. The maximum atomic E-state index is 9.20. The van der Waals surface area contributed by atoms with E-state index in [9.17, 15) is 5.11 Å². The standard InChI is InChI=1S/C14H12OS.C2H6.H3N/c1-11(15)12-7-9-14(10-8-12)16-13-5-3-2-4-6-13;1-2;/h2-10,15H,1H2;1-2H3;1H3. The van der Waals surface area contributed by atoms with Gasteiger partial charge in [0.2, 0.25) is 0 Å². The number of aliphatic hydroxyl groups excluding tert-OH is 1. The summed E-state index contributed by atoms with van der Waals surface area (Å²) in [6, 6.07) is 17.9. The number of aliphatic hydroxyl groups is 1. The molecule has 0 bridgehead atoms. The molecule has 2 nitrogen and oxygen atoms in total. The van der Waals surface area contributed by atoms with Crippen LogP contribution < -0.4 is 6.15 Å². The Bertz CT molecular complexity index is 480. The first-order chi connectivity index (χ1) is 8.75. The molecule has 19 heavy (non-hydrogen) atoms. The van der Waals surface area contributed by atoms with Crippen LogP contribution in [0.2, 0.25) is 0 Å². The summed E-state index contributed by atoms with van der Waals surface area (Å²) >= 11 is 1.70. The fraction of sp³-hybridized carbons (Fsp3) is 0.125. The summed E-state index contributed by atoms with van der Waals surface area (Å²) in [5.41, 5.74) is 0.761. The Labute approximate surface area is 119 Å². The van der Waals surface area contributed by atoms with Crippen LogP contribution in [0, 0.1) is 0 Å². The highest BCUT2D eigenvalue weighted by molar-refractivity contribution is 7.99. The van der Waals surface area contributed by atoms with E-state index in [4.69, 9.17) is 0 Å². The van der Waals surface area contributed by atoms with Crippen LogP contribution >= 0.6 is 11.8 Å². The summed E-state index contributed by atoms with van der Waals surface area (Å²) in [6.45, 7) is 7.49. The maximum Gasteiger partial charge on any atom is 0.115 e. The van der Waals surface area contributed by atoms with E-state index in [1.807, 2.05) is 56.3 Å². The predicted octanol–water partition coefficient (Wildman–Crippen LogP) is 5.55. The van der Waals surface area contributed by atoms with Crippen LogP contribution in [0.1, 0.15) is 19.4 Å². The van der Waals surface area contributed by atoms with E-state index in [2.05, 4.69) is 18.7 Å². The van der Waals surface area contributed by atoms with Gasteiger partial charge in [0.05, 0.1) is 0 Å². The van der Waals surface area contributed by atoms with Crippen LogP contribution in [0.25, 0.3) is 5.76 Å². The average Bonchev–Trinajstić information content (AvgIpc) is 2.43. The lowest BCUT2D eigenvalue weighted by Gasteiger charge is -2.02. The van der Waals surface area contributed by atoms with E-state index in [0.29, 0.717) is 0 Å². The summed E-state index contributed by atoms with van der Waals surface area (Å²) < 4.78 is 0.